The average molecular weight is 170 g/mol. The molecule has 0 unspecified atom stereocenters. The minimum absolute atomic E-state index is 0.254. The van der Waals surface area contributed by atoms with Crippen molar-refractivity contribution in [3.63, 3.8) is 0 Å². The van der Waals surface area contributed by atoms with Crippen molar-refractivity contribution in [3.05, 3.63) is 12.2 Å². The molecule has 1 heterocycles. The lowest BCUT2D eigenvalue weighted by atomic mass is 10.2. The second kappa shape index (κ2) is 4.26. The zero-order valence-electron chi connectivity index (χ0n) is 7.34. The maximum Gasteiger partial charge on any atom is 0.335 e. The first-order valence-corrected chi connectivity index (χ1v) is 4.13. The fourth-order valence-corrected chi connectivity index (χ4v) is 1.05. The van der Waals surface area contributed by atoms with E-state index in [4.69, 9.17) is 9.47 Å². The van der Waals surface area contributed by atoms with Crippen molar-refractivity contribution in [2.45, 2.75) is 25.9 Å². The highest BCUT2D eigenvalue weighted by Gasteiger charge is 2.24. The number of ether oxygens (including phenoxy) is 2. The van der Waals surface area contributed by atoms with Gasteiger partial charge in [0.2, 0.25) is 0 Å². The lowest BCUT2D eigenvalue weighted by molar-refractivity contribution is -0.153. The minimum Gasteiger partial charge on any atom is -0.459 e. The highest BCUT2D eigenvalue weighted by atomic mass is 16.6. The SMILES string of the molecule is C=C(C)COC(=O)[C@H]1CCCO1. The zero-order valence-corrected chi connectivity index (χ0v) is 7.34. The van der Waals surface area contributed by atoms with Gasteiger partial charge in [-0.1, -0.05) is 6.58 Å². The Morgan fingerprint density at radius 3 is 3.00 bits per heavy atom. The topological polar surface area (TPSA) is 35.5 Å². The number of hydrogen-bond acceptors (Lipinski definition) is 3. The van der Waals surface area contributed by atoms with E-state index in [1.807, 2.05) is 6.92 Å². The largest absolute Gasteiger partial charge is 0.459 e. The lowest BCUT2D eigenvalue weighted by Gasteiger charge is -2.08. The molecule has 0 saturated carbocycles. The summed E-state index contributed by atoms with van der Waals surface area (Å²) in [5.74, 6) is -0.254. The first-order chi connectivity index (χ1) is 5.70. The van der Waals surface area contributed by atoms with E-state index in [1.54, 1.807) is 0 Å². The van der Waals surface area contributed by atoms with Crippen LogP contribution < -0.4 is 0 Å². The van der Waals surface area contributed by atoms with Crippen LogP contribution >= 0.6 is 0 Å². The Morgan fingerprint density at radius 1 is 1.75 bits per heavy atom. The highest BCUT2D eigenvalue weighted by molar-refractivity contribution is 5.75. The predicted molar refractivity (Wildman–Crippen MR) is 44.7 cm³/mol. The maximum absolute atomic E-state index is 11.2. The average Bonchev–Trinajstić information content (AvgIpc) is 2.51. The van der Waals surface area contributed by atoms with Gasteiger partial charge in [0.15, 0.2) is 6.10 Å². The monoisotopic (exact) mass is 170 g/mol. The molecule has 68 valence electrons. The molecule has 0 N–H and O–H groups in total. The van der Waals surface area contributed by atoms with Crippen molar-refractivity contribution >= 4 is 5.97 Å². The summed E-state index contributed by atoms with van der Waals surface area (Å²) in [5.41, 5.74) is 0.848. The van der Waals surface area contributed by atoms with Crippen molar-refractivity contribution in [3.8, 4) is 0 Å². The summed E-state index contributed by atoms with van der Waals surface area (Å²) >= 11 is 0. The predicted octanol–water partition coefficient (Wildman–Crippen LogP) is 1.28. The van der Waals surface area contributed by atoms with Gasteiger partial charge in [-0.3, -0.25) is 0 Å². The summed E-state index contributed by atoms with van der Waals surface area (Å²) in [7, 11) is 0. The van der Waals surface area contributed by atoms with E-state index in [0.29, 0.717) is 13.2 Å². The fraction of sp³-hybridized carbons (Fsp3) is 0.667. The molecular weight excluding hydrogens is 156 g/mol. The van der Waals surface area contributed by atoms with Crippen LogP contribution in [0.15, 0.2) is 12.2 Å². The van der Waals surface area contributed by atoms with Crippen molar-refractivity contribution < 1.29 is 14.3 Å². The Morgan fingerprint density at radius 2 is 2.50 bits per heavy atom. The number of esters is 1. The Labute approximate surface area is 72.4 Å². The smallest absolute Gasteiger partial charge is 0.335 e. The van der Waals surface area contributed by atoms with E-state index < -0.39 is 0 Å². The third-order valence-electron chi connectivity index (χ3n) is 1.65. The molecule has 1 saturated heterocycles. The van der Waals surface area contributed by atoms with Crippen molar-refractivity contribution in [2.24, 2.45) is 0 Å². The quantitative estimate of drug-likeness (QED) is 0.473. The van der Waals surface area contributed by atoms with Crippen LogP contribution in [0.5, 0.6) is 0 Å². The molecule has 12 heavy (non-hydrogen) atoms. The molecule has 1 rings (SSSR count). The van der Waals surface area contributed by atoms with Crippen molar-refractivity contribution in [1.82, 2.24) is 0 Å². The van der Waals surface area contributed by atoms with E-state index in [1.165, 1.54) is 0 Å². The van der Waals surface area contributed by atoms with Gasteiger partial charge in [0, 0.05) is 6.61 Å². The first-order valence-electron chi connectivity index (χ1n) is 4.13. The summed E-state index contributed by atoms with van der Waals surface area (Å²) in [6.45, 7) is 6.44. The zero-order chi connectivity index (χ0) is 8.97. The minimum atomic E-state index is -0.329. The standard InChI is InChI=1S/C9H14O3/c1-7(2)6-12-9(10)8-4-3-5-11-8/h8H,1,3-6H2,2H3/t8-/m1/s1. The molecule has 1 fully saturated rings. The second-order valence-corrected chi connectivity index (χ2v) is 3.07. The van der Waals surface area contributed by atoms with Gasteiger partial charge in [-0.25, -0.2) is 4.79 Å². The second-order valence-electron chi connectivity index (χ2n) is 3.07. The number of rotatable bonds is 3. The summed E-state index contributed by atoms with van der Waals surface area (Å²) in [4.78, 5) is 11.2. The molecule has 0 aromatic carbocycles. The van der Waals surface area contributed by atoms with Crippen LogP contribution in [0.2, 0.25) is 0 Å². The van der Waals surface area contributed by atoms with Crippen molar-refractivity contribution in [2.75, 3.05) is 13.2 Å². The molecule has 1 aliphatic rings. The molecule has 0 spiro atoms. The Kier molecular flexibility index (Phi) is 3.29. The van der Waals surface area contributed by atoms with Gasteiger partial charge in [-0.05, 0) is 25.3 Å². The summed E-state index contributed by atoms with van der Waals surface area (Å²) in [6.07, 6.45) is 1.41. The third-order valence-corrected chi connectivity index (χ3v) is 1.65. The van der Waals surface area contributed by atoms with Crippen LogP contribution in [0.25, 0.3) is 0 Å². The van der Waals surface area contributed by atoms with Crippen LogP contribution in [0.4, 0.5) is 0 Å². The molecule has 0 aliphatic carbocycles. The van der Waals surface area contributed by atoms with Gasteiger partial charge in [0.05, 0.1) is 0 Å². The summed E-state index contributed by atoms with van der Waals surface area (Å²) in [5, 5.41) is 0. The maximum atomic E-state index is 11.2. The van der Waals surface area contributed by atoms with Gasteiger partial charge in [-0.15, -0.1) is 0 Å². The summed E-state index contributed by atoms with van der Waals surface area (Å²) in [6, 6.07) is 0. The highest BCUT2D eigenvalue weighted by Crippen LogP contribution is 2.13. The van der Waals surface area contributed by atoms with Crippen LogP contribution in [0.1, 0.15) is 19.8 Å². The Hall–Kier alpha value is -0.830. The first kappa shape index (κ1) is 9.26. The number of hydrogen-bond donors (Lipinski definition) is 0. The Bertz CT molecular complexity index is 180. The van der Waals surface area contributed by atoms with Crippen molar-refractivity contribution in [1.29, 1.82) is 0 Å². The van der Waals surface area contributed by atoms with E-state index in [2.05, 4.69) is 6.58 Å². The molecule has 0 radical (unpaired) electrons. The molecule has 3 heteroatoms. The Balaban J connectivity index is 2.23. The lowest BCUT2D eigenvalue weighted by Crippen LogP contribution is -2.22. The van der Waals surface area contributed by atoms with Crippen LogP contribution in [-0.2, 0) is 14.3 Å². The summed E-state index contributed by atoms with van der Waals surface area (Å²) < 4.78 is 10.1. The number of carbonyl (C=O) groups is 1. The van der Waals surface area contributed by atoms with E-state index in [9.17, 15) is 4.79 Å². The van der Waals surface area contributed by atoms with Gasteiger partial charge in [0.25, 0.3) is 0 Å². The molecule has 3 nitrogen and oxygen atoms in total. The molecule has 0 aromatic heterocycles. The molecule has 1 aliphatic heterocycles. The molecular formula is C9H14O3. The van der Waals surface area contributed by atoms with E-state index >= 15 is 0 Å². The normalized spacial score (nSPS) is 22.2. The third kappa shape index (κ3) is 2.66. The van der Waals surface area contributed by atoms with Gasteiger partial charge in [0.1, 0.15) is 6.61 Å². The van der Waals surface area contributed by atoms with Crippen LogP contribution in [0, 0.1) is 0 Å². The van der Waals surface area contributed by atoms with E-state index in [-0.39, 0.29) is 12.1 Å². The molecule has 1 atom stereocenters. The van der Waals surface area contributed by atoms with E-state index in [0.717, 1.165) is 18.4 Å². The van der Waals surface area contributed by atoms with Gasteiger partial charge in [-0.2, -0.15) is 0 Å². The molecule has 0 aromatic rings. The molecule has 0 amide bonds. The van der Waals surface area contributed by atoms with Crippen LogP contribution in [-0.4, -0.2) is 25.3 Å². The fourth-order valence-electron chi connectivity index (χ4n) is 1.05. The number of carbonyl (C=O) groups excluding carboxylic acids is 1. The molecule has 0 bridgehead atoms. The van der Waals surface area contributed by atoms with Crippen LogP contribution in [0.3, 0.4) is 0 Å². The van der Waals surface area contributed by atoms with Gasteiger partial charge >= 0.3 is 5.97 Å². The van der Waals surface area contributed by atoms with Gasteiger partial charge < -0.3 is 9.47 Å².